The first-order chi connectivity index (χ1) is 7.20. The smallest absolute Gasteiger partial charge is 0.306 e. The molecule has 1 N–H and O–H groups in total. The maximum absolute atomic E-state index is 10.9. The largest absolute Gasteiger partial charge is 0.501 e. The first kappa shape index (κ1) is 10.3. The van der Waals surface area contributed by atoms with Crippen LogP contribution in [0.4, 0.5) is 0 Å². The lowest BCUT2D eigenvalue weighted by Crippen LogP contribution is -2.20. The SMILES string of the molecule is COC1=CCC2=C(C1)C[C@H](C(=O)O)CC2. The Morgan fingerprint density at radius 3 is 3.00 bits per heavy atom. The van der Waals surface area contributed by atoms with Gasteiger partial charge in [-0.25, -0.2) is 0 Å². The highest BCUT2D eigenvalue weighted by Crippen LogP contribution is 2.37. The third-order valence-electron chi connectivity index (χ3n) is 3.36. The maximum Gasteiger partial charge on any atom is 0.306 e. The molecule has 0 heterocycles. The molecule has 0 spiro atoms. The second-order valence-corrected chi connectivity index (χ2v) is 4.24. The number of hydrogen-bond acceptors (Lipinski definition) is 2. The van der Waals surface area contributed by atoms with E-state index in [4.69, 9.17) is 9.84 Å². The predicted molar refractivity (Wildman–Crippen MR) is 56.3 cm³/mol. The van der Waals surface area contributed by atoms with E-state index >= 15 is 0 Å². The lowest BCUT2D eigenvalue weighted by Gasteiger charge is -2.27. The average molecular weight is 208 g/mol. The van der Waals surface area contributed by atoms with Gasteiger partial charge in [-0.05, 0) is 31.8 Å². The van der Waals surface area contributed by atoms with E-state index in [0.717, 1.165) is 31.4 Å². The highest BCUT2D eigenvalue weighted by molar-refractivity contribution is 5.70. The molecular formula is C12H16O3. The minimum atomic E-state index is -0.657. The summed E-state index contributed by atoms with van der Waals surface area (Å²) in [5.74, 6) is 0.148. The van der Waals surface area contributed by atoms with Crippen LogP contribution in [0, 0.1) is 5.92 Å². The van der Waals surface area contributed by atoms with Crippen molar-refractivity contribution in [2.24, 2.45) is 5.92 Å². The van der Waals surface area contributed by atoms with Crippen LogP contribution in [0.15, 0.2) is 23.0 Å². The molecule has 0 unspecified atom stereocenters. The van der Waals surface area contributed by atoms with E-state index < -0.39 is 5.97 Å². The molecule has 82 valence electrons. The van der Waals surface area contributed by atoms with Crippen molar-refractivity contribution in [3.8, 4) is 0 Å². The molecule has 0 amide bonds. The fraction of sp³-hybridized carbons (Fsp3) is 0.583. The molecule has 3 heteroatoms. The maximum atomic E-state index is 10.9. The van der Waals surface area contributed by atoms with Gasteiger partial charge in [0.15, 0.2) is 0 Å². The number of ether oxygens (including phenoxy) is 1. The summed E-state index contributed by atoms with van der Waals surface area (Å²) in [5.41, 5.74) is 2.74. The number of aliphatic carboxylic acids is 1. The Morgan fingerprint density at radius 1 is 1.53 bits per heavy atom. The summed E-state index contributed by atoms with van der Waals surface area (Å²) in [6.45, 7) is 0. The van der Waals surface area contributed by atoms with Crippen molar-refractivity contribution in [2.75, 3.05) is 7.11 Å². The second kappa shape index (κ2) is 4.09. The number of methoxy groups -OCH3 is 1. The van der Waals surface area contributed by atoms with Gasteiger partial charge in [-0.1, -0.05) is 11.1 Å². The second-order valence-electron chi connectivity index (χ2n) is 4.24. The fourth-order valence-corrected chi connectivity index (χ4v) is 2.40. The molecule has 0 fully saturated rings. The Hall–Kier alpha value is -1.25. The minimum absolute atomic E-state index is 0.181. The zero-order valence-corrected chi connectivity index (χ0v) is 8.95. The Balaban J connectivity index is 2.08. The average Bonchev–Trinajstić information content (AvgIpc) is 2.27. The van der Waals surface area contributed by atoms with Crippen LogP contribution in [-0.4, -0.2) is 18.2 Å². The van der Waals surface area contributed by atoms with Gasteiger partial charge in [0.05, 0.1) is 18.8 Å². The van der Waals surface area contributed by atoms with Gasteiger partial charge >= 0.3 is 5.97 Å². The molecule has 0 aromatic carbocycles. The van der Waals surface area contributed by atoms with Gasteiger partial charge in [0, 0.05) is 6.42 Å². The number of carbonyl (C=O) groups is 1. The van der Waals surface area contributed by atoms with Gasteiger partial charge < -0.3 is 9.84 Å². The summed E-state index contributed by atoms with van der Waals surface area (Å²) in [6, 6.07) is 0. The lowest BCUT2D eigenvalue weighted by atomic mass is 9.79. The van der Waals surface area contributed by atoms with Crippen molar-refractivity contribution >= 4 is 5.97 Å². The van der Waals surface area contributed by atoms with Gasteiger partial charge in [0.1, 0.15) is 0 Å². The van der Waals surface area contributed by atoms with Gasteiger partial charge in [-0.3, -0.25) is 4.79 Å². The van der Waals surface area contributed by atoms with Crippen molar-refractivity contribution < 1.29 is 14.6 Å². The van der Waals surface area contributed by atoms with Crippen molar-refractivity contribution in [3.05, 3.63) is 23.0 Å². The number of allylic oxidation sites excluding steroid dienone is 3. The normalized spacial score (nSPS) is 25.7. The molecule has 2 rings (SSSR count). The van der Waals surface area contributed by atoms with Crippen LogP contribution in [0.2, 0.25) is 0 Å². The van der Waals surface area contributed by atoms with Crippen LogP contribution in [0.3, 0.4) is 0 Å². The molecule has 0 radical (unpaired) electrons. The van der Waals surface area contributed by atoms with Crippen LogP contribution in [-0.2, 0) is 9.53 Å². The fourth-order valence-electron chi connectivity index (χ4n) is 2.40. The Bertz CT molecular complexity index is 339. The van der Waals surface area contributed by atoms with Crippen molar-refractivity contribution in [1.29, 1.82) is 0 Å². The Morgan fingerprint density at radius 2 is 2.33 bits per heavy atom. The zero-order valence-electron chi connectivity index (χ0n) is 8.95. The summed E-state index contributed by atoms with van der Waals surface area (Å²) >= 11 is 0. The van der Waals surface area contributed by atoms with Crippen LogP contribution in [0.1, 0.15) is 32.1 Å². The third-order valence-corrected chi connectivity index (χ3v) is 3.36. The summed E-state index contributed by atoms with van der Waals surface area (Å²) in [4.78, 5) is 10.9. The van der Waals surface area contributed by atoms with Crippen molar-refractivity contribution in [2.45, 2.75) is 32.1 Å². The van der Waals surface area contributed by atoms with E-state index in [0.29, 0.717) is 6.42 Å². The molecule has 2 aliphatic rings. The third kappa shape index (κ3) is 2.06. The summed E-state index contributed by atoms with van der Waals surface area (Å²) in [5, 5.41) is 8.98. The molecule has 0 aromatic rings. The van der Waals surface area contributed by atoms with Crippen molar-refractivity contribution in [1.82, 2.24) is 0 Å². The topological polar surface area (TPSA) is 46.5 Å². The highest BCUT2D eigenvalue weighted by atomic mass is 16.5. The quantitative estimate of drug-likeness (QED) is 0.709. The Kier molecular flexibility index (Phi) is 2.80. The number of carboxylic acid groups (broad SMARTS) is 1. The number of rotatable bonds is 2. The van der Waals surface area contributed by atoms with Gasteiger partial charge in [0.25, 0.3) is 0 Å². The van der Waals surface area contributed by atoms with E-state index in [-0.39, 0.29) is 5.92 Å². The standard InChI is InChI=1S/C12H16O3/c1-15-11-5-4-8-2-3-9(12(13)14)6-10(8)7-11/h5,9H,2-4,6-7H2,1H3,(H,13,14)/t9-/m1/s1. The Labute approximate surface area is 89.4 Å². The summed E-state index contributed by atoms with van der Waals surface area (Å²) < 4.78 is 5.22. The molecule has 15 heavy (non-hydrogen) atoms. The van der Waals surface area contributed by atoms with E-state index in [1.807, 2.05) is 0 Å². The summed E-state index contributed by atoms with van der Waals surface area (Å²) in [7, 11) is 1.68. The van der Waals surface area contributed by atoms with Crippen LogP contribution < -0.4 is 0 Å². The first-order valence-corrected chi connectivity index (χ1v) is 5.36. The molecule has 0 aromatic heterocycles. The van der Waals surface area contributed by atoms with Gasteiger partial charge in [-0.2, -0.15) is 0 Å². The molecule has 0 bridgehead atoms. The molecule has 0 saturated carbocycles. The lowest BCUT2D eigenvalue weighted by molar-refractivity contribution is -0.142. The van der Waals surface area contributed by atoms with Crippen molar-refractivity contribution in [3.63, 3.8) is 0 Å². The van der Waals surface area contributed by atoms with Crippen LogP contribution in [0.25, 0.3) is 0 Å². The molecule has 0 aliphatic heterocycles. The van der Waals surface area contributed by atoms with E-state index in [2.05, 4.69) is 6.08 Å². The summed E-state index contributed by atoms with van der Waals surface area (Å²) in [6.07, 6.45) is 6.33. The van der Waals surface area contributed by atoms with Crippen LogP contribution >= 0.6 is 0 Å². The van der Waals surface area contributed by atoms with E-state index in [1.165, 1.54) is 11.1 Å². The molecular weight excluding hydrogens is 192 g/mol. The van der Waals surface area contributed by atoms with Gasteiger partial charge in [0.2, 0.25) is 0 Å². The zero-order chi connectivity index (χ0) is 10.8. The van der Waals surface area contributed by atoms with E-state index in [9.17, 15) is 4.79 Å². The monoisotopic (exact) mass is 208 g/mol. The molecule has 2 aliphatic carbocycles. The number of hydrogen-bond donors (Lipinski definition) is 1. The van der Waals surface area contributed by atoms with Crippen LogP contribution in [0.5, 0.6) is 0 Å². The van der Waals surface area contributed by atoms with E-state index in [1.54, 1.807) is 7.11 Å². The predicted octanol–water partition coefficient (Wildman–Crippen LogP) is 2.49. The molecule has 1 atom stereocenters. The minimum Gasteiger partial charge on any atom is -0.501 e. The molecule has 0 saturated heterocycles. The first-order valence-electron chi connectivity index (χ1n) is 5.36. The number of carboxylic acids is 1. The molecule has 3 nitrogen and oxygen atoms in total. The van der Waals surface area contributed by atoms with Gasteiger partial charge in [-0.15, -0.1) is 0 Å². The highest BCUT2D eigenvalue weighted by Gasteiger charge is 2.27.